The van der Waals surface area contributed by atoms with Crippen LogP contribution in [0.5, 0.6) is 0 Å². The molecule has 0 aliphatic carbocycles. The molecule has 3 aromatic rings. The fourth-order valence-corrected chi connectivity index (χ4v) is 3.37. The number of carboxylic acids is 1. The zero-order chi connectivity index (χ0) is 29.0. The molecule has 0 saturated heterocycles. The van der Waals surface area contributed by atoms with E-state index in [1.165, 1.54) is 66.9 Å². The van der Waals surface area contributed by atoms with E-state index in [9.17, 15) is 35.9 Å². The predicted molar refractivity (Wildman–Crippen MR) is 133 cm³/mol. The summed E-state index contributed by atoms with van der Waals surface area (Å²) in [7, 11) is 0. The largest absolute Gasteiger partial charge is 0.478 e. The number of anilines is 3. The molecule has 0 bridgehead atoms. The van der Waals surface area contributed by atoms with Crippen LogP contribution in [-0.2, 0) is 17.1 Å². The van der Waals surface area contributed by atoms with Gasteiger partial charge in [0, 0.05) is 11.9 Å². The number of nitrogens with one attached hydrogen (secondary N) is 1. The number of para-hydroxylation sites is 2. The molecule has 0 atom stereocenters. The van der Waals surface area contributed by atoms with Gasteiger partial charge >= 0.3 is 18.3 Å². The number of rotatable bonds is 4. The van der Waals surface area contributed by atoms with Crippen LogP contribution in [0.15, 0.2) is 89.7 Å². The summed E-state index contributed by atoms with van der Waals surface area (Å²) in [6, 6.07) is 15.4. The first-order valence-electron chi connectivity index (χ1n) is 11.0. The number of hydrogen-bond donors (Lipinski definition) is 3. The lowest BCUT2D eigenvalue weighted by Gasteiger charge is -2.13. The summed E-state index contributed by atoms with van der Waals surface area (Å²) < 4.78 is 75.1. The second kappa shape index (κ2) is 11.3. The first kappa shape index (κ1) is 28.8. The average molecular weight is 550 g/mol. The van der Waals surface area contributed by atoms with Gasteiger partial charge < -0.3 is 16.2 Å². The van der Waals surface area contributed by atoms with Crippen LogP contribution in [-0.4, -0.2) is 22.7 Å². The van der Waals surface area contributed by atoms with Crippen molar-refractivity contribution in [2.45, 2.75) is 19.3 Å². The minimum Gasteiger partial charge on any atom is -0.478 e. The molecule has 7 nitrogen and oxygen atoms in total. The van der Waals surface area contributed by atoms with Gasteiger partial charge in [0.25, 0.3) is 5.91 Å². The van der Waals surface area contributed by atoms with Crippen LogP contribution >= 0.6 is 0 Å². The van der Waals surface area contributed by atoms with Crippen molar-refractivity contribution in [1.29, 1.82) is 0 Å². The molecule has 4 N–H and O–H groups in total. The van der Waals surface area contributed by atoms with Gasteiger partial charge in [0.2, 0.25) is 0 Å². The molecule has 1 aliphatic rings. The lowest BCUT2D eigenvalue weighted by Crippen LogP contribution is -2.22. The third-order valence-corrected chi connectivity index (χ3v) is 5.29. The van der Waals surface area contributed by atoms with Crippen molar-refractivity contribution < 1.29 is 41.0 Å². The highest BCUT2D eigenvalue weighted by molar-refractivity contribution is 6.29. The molecule has 0 radical (unpaired) electrons. The second-order valence-corrected chi connectivity index (χ2v) is 7.99. The maximum Gasteiger partial charge on any atom is 0.418 e. The Hall–Kier alpha value is -4.81. The van der Waals surface area contributed by atoms with E-state index in [0.29, 0.717) is 11.4 Å². The second-order valence-electron chi connectivity index (χ2n) is 7.99. The number of halogens is 6. The predicted octanol–water partition coefficient (Wildman–Crippen LogP) is 6.41. The van der Waals surface area contributed by atoms with Crippen molar-refractivity contribution in [3.8, 4) is 0 Å². The van der Waals surface area contributed by atoms with Crippen molar-refractivity contribution in [2.75, 3.05) is 16.1 Å². The molecule has 204 valence electrons. The fraction of sp³-hybridized carbons (Fsp3) is 0.115. The average Bonchev–Trinajstić information content (AvgIpc) is 3.15. The maximum absolute atomic E-state index is 13.1. The summed E-state index contributed by atoms with van der Waals surface area (Å²) in [6.07, 6.45) is -7.70. The SMILES string of the molecule is CC1=NN(c2ccc(C(=O)O)cc2)C(=O)/C1=C\Nc1ccccc1C(F)(F)F.Nc1ccccc1C(F)(F)F. The Balaban J connectivity index is 0.000000320. The maximum atomic E-state index is 13.1. The molecule has 39 heavy (non-hydrogen) atoms. The number of amides is 1. The molecule has 3 aromatic carbocycles. The number of carboxylic acid groups (broad SMARTS) is 1. The molecule has 1 aliphatic heterocycles. The van der Waals surface area contributed by atoms with Crippen LogP contribution in [0.4, 0.5) is 43.4 Å². The van der Waals surface area contributed by atoms with Crippen molar-refractivity contribution in [2.24, 2.45) is 5.10 Å². The fourth-order valence-electron chi connectivity index (χ4n) is 3.37. The first-order chi connectivity index (χ1) is 18.2. The molecule has 0 unspecified atom stereocenters. The summed E-state index contributed by atoms with van der Waals surface area (Å²) in [6.45, 7) is 1.55. The van der Waals surface area contributed by atoms with Crippen LogP contribution in [0.1, 0.15) is 28.4 Å². The van der Waals surface area contributed by atoms with Gasteiger partial charge in [-0.05, 0) is 55.5 Å². The summed E-state index contributed by atoms with van der Waals surface area (Å²) in [4.78, 5) is 23.5. The Morgan fingerprint density at radius 3 is 1.95 bits per heavy atom. The van der Waals surface area contributed by atoms with Crippen molar-refractivity contribution in [1.82, 2.24) is 0 Å². The van der Waals surface area contributed by atoms with Gasteiger partial charge in [-0.1, -0.05) is 24.3 Å². The number of carbonyl (C=O) groups excluding carboxylic acids is 1. The molecule has 4 rings (SSSR count). The van der Waals surface area contributed by atoms with E-state index < -0.39 is 35.4 Å². The normalized spacial score (nSPS) is 14.5. The number of nitrogens with two attached hydrogens (primary N) is 1. The Kier molecular flexibility index (Phi) is 8.33. The molecule has 1 heterocycles. The third-order valence-electron chi connectivity index (χ3n) is 5.29. The van der Waals surface area contributed by atoms with Gasteiger partial charge in [-0.15, -0.1) is 0 Å². The van der Waals surface area contributed by atoms with Crippen molar-refractivity contribution in [3.63, 3.8) is 0 Å². The number of hydrazone groups is 1. The zero-order valence-corrected chi connectivity index (χ0v) is 20.0. The highest BCUT2D eigenvalue weighted by Crippen LogP contribution is 2.35. The van der Waals surface area contributed by atoms with Crippen LogP contribution in [0.3, 0.4) is 0 Å². The number of nitrogens with zero attached hydrogens (tertiary/aromatic N) is 2. The van der Waals surface area contributed by atoms with Crippen LogP contribution in [0.25, 0.3) is 0 Å². The number of carbonyl (C=O) groups is 2. The van der Waals surface area contributed by atoms with Gasteiger partial charge in [-0.2, -0.15) is 36.5 Å². The van der Waals surface area contributed by atoms with Gasteiger partial charge in [0.1, 0.15) is 0 Å². The van der Waals surface area contributed by atoms with E-state index in [2.05, 4.69) is 10.4 Å². The molecule has 0 aromatic heterocycles. The number of benzene rings is 3. The van der Waals surface area contributed by atoms with Crippen LogP contribution in [0.2, 0.25) is 0 Å². The van der Waals surface area contributed by atoms with Crippen molar-refractivity contribution >= 4 is 34.7 Å². The molecule has 13 heteroatoms. The molecule has 0 fully saturated rings. The van der Waals surface area contributed by atoms with E-state index in [1.807, 2.05) is 0 Å². The number of aromatic carboxylic acids is 1. The highest BCUT2D eigenvalue weighted by Gasteiger charge is 2.34. The minimum absolute atomic E-state index is 0.0530. The van der Waals surface area contributed by atoms with E-state index in [0.717, 1.165) is 17.1 Å². The number of nitrogen functional groups attached to an aromatic ring is 1. The Morgan fingerprint density at radius 1 is 0.897 bits per heavy atom. The summed E-state index contributed by atoms with van der Waals surface area (Å²) >= 11 is 0. The summed E-state index contributed by atoms with van der Waals surface area (Å²) in [5.74, 6) is -1.65. The number of hydrogen-bond acceptors (Lipinski definition) is 5. The summed E-state index contributed by atoms with van der Waals surface area (Å²) in [5.41, 5.74) is 3.83. The van der Waals surface area contributed by atoms with Crippen LogP contribution < -0.4 is 16.1 Å². The number of alkyl halides is 6. The summed E-state index contributed by atoms with van der Waals surface area (Å²) in [5, 5.41) is 16.6. The van der Waals surface area contributed by atoms with E-state index >= 15 is 0 Å². The molecule has 0 saturated carbocycles. The Labute approximate surface area is 217 Å². The lowest BCUT2D eigenvalue weighted by molar-refractivity contribution is -0.137. The van der Waals surface area contributed by atoms with Gasteiger partial charge in [0.15, 0.2) is 0 Å². The standard InChI is InChI=1S/C19H14F3N3O3.C7H6F3N/c1-11-14(10-23-16-5-3-2-4-15(16)19(20,21)22)17(26)25(24-11)13-8-6-12(7-9-13)18(27)28;8-7(9,10)5-3-1-2-4-6(5)11/h2-10,23H,1H3,(H,27,28);1-4H,11H2/b14-10-;. The van der Waals surface area contributed by atoms with Gasteiger partial charge in [0.05, 0.1) is 39.3 Å². The Morgan fingerprint density at radius 2 is 1.44 bits per heavy atom. The zero-order valence-electron chi connectivity index (χ0n) is 20.0. The molecular formula is C26H20F6N4O3. The lowest BCUT2D eigenvalue weighted by atomic mass is 10.1. The smallest absolute Gasteiger partial charge is 0.418 e. The minimum atomic E-state index is -4.54. The topological polar surface area (TPSA) is 108 Å². The molecular weight excluding hydrogens is 530 g/mol. The quantitative estimate of drug-likeness (QED) is 0.198. The van der Waals surface area contributed by atoms with Crippen molar-refractivity contribution in [3.05, 3.63) is 101 Å². The van der Waals surface area contributed by atoms with Crippen LogP contribution in [0, 0.1) is 0 Å². The first-order valence-corrected chi connectivity index (χ1v) is 11.0. The molecule has 0 spiro atoms. The highest BCUT2D eigenvalue weighted by atomic mass is 19.4. The Bertz CT molecular complexity index is 1430. The monoisotopic (exact) mass is 550 g/mol. The molecule has 1 amide bonds. The van der Waals surface area contributed by atoms with Gasteiger partial charge in [-0.3, -0.25) is 4.79 Å². The van der Waals surface area contributed by atoms with E-state index in [1.54, 1.807) is 6.92 Å². The third kappa shape index (κ3) is 6.94. The van der Waals surface area contributed by atoms with E-state index in [-0.39, 0.29) is 22.5 Å². The van der Waals surface area contributed by atoms with Gasteiger partial charge in [-0.25, -0.2) is 4.79 Å². The van der Waals surface area contributed by atoms with E-state index in [4.69, 9.17) is 10.8 Å².